The Labute approximate surface area is 218 Å². The number of ether oxygens (including phenoxy) is 2. The molecule has 5 rings (SSSR count). The lowest BCUT2D eigenvalue weighted by Gasteiger charge is -2.42. The van der Waals surface area contributed by atoms with Crippen molar-refractivity contribution in [1.82, 2.24) is 15.1 Å². The summed E-state index contributed by atoms with van der Waals surface area (Å²) in [7, 11) is 0. The number of morpholine rings is 1. The molecule has 2 aliphatic heterocycles. The molecule has 0 spiro atoms. The lowest BCUT2D eigenvalue weighted by molar-refractivity contribution is -0.138. The minimum atomic E-state index is -0.982. The molecule has 2 fully saturated rings. The number of fused-ring (bicyclic) bond motifs is 3. The van der Waals surface area contributed by atoms with Crippen LogP contribution < -0.4 is 10.1 Å². The van der Waals surface area contributed by atoms with E-state index >= 15 is 0 Å². The third-order valence-corrected chi connectivity index (χ3v) is 8.26. The Bertz CT molecular complexity index is 988. The first-order chi connectivity index (χ1) is 18.1. The molecule has 1 saturated heterocycles. The SMILES string of the molecule is O=C(NCCO)C1=C[C@@H](N(CCN2CCOCC2)C(=O)CC2CCCC2)[C@H](O)[C@H]2Oc3ccccc3[C@@H]12. The highest BCUT2D eigenvalue weighted by Gasteiger charge is 2.50. The molecule has 0 radical (unpaired) electrons. The Morgan fingerprint density at radius 1 is 1.14 bits per heavy atom. The van der Waals surface area contributed by atoms with Gasteiger partial charge in [-0.25, -0.2) is 0 Å². The molecule has 37 heavy (non-hydrogen) atoms. The predicted octanol–water partition coefficient (Wildman–Crippen LogP) is 1.05. The Hall–Kier alpha value is -2.46. The van der Waals surface area contributed by atoms with Crippen molar-refractivity contribution >= 4 is 11.8 Å². The van der Waals surface area contributed by atoms with Gasteiger partial charge in [-0.2, -0.15) is 0 Å². The second kappa shape index (κ2) is 11.9. The molecule has 0 bridgehead atoms. The second-order valence-electron chi connectivity index (χ2n) is 10.6. The summed E-state index contributed by atoms with van der Waals surface area (Å²) in [6, 6.07) is 6.85. The Morgan fingerprint density at radius 2 is 1.89 bits per heavy atom. The molecule has 4 aliphatic rings. The van der Waals surface area contributed by atoms with Crippen LogP contribution in [0.15, 0.2) is 35.9 Å². The van der Waals surface area contributed by atoms with Crippen LogP contribution >= 0.6 is 0 Å². The van der Waals surface area contributed by atoms with E-state index in [0.717, 1.165) is 44.3 Å². The molecule has 3 N–H and O–H groups in total. The van der Waals surface area contributed by atoms with Crippen molar-refractivity contribution in [3.05, 3.63) is 41.5 Å². The first kappa shape index (κ1) is 26.2. The average Bonchev–Trinajstić information content (AvgIpc) is 3.57. The lowest BCUT2D eigenvalue weighted by atomic mass is 9.77. The van der Waals surface area contributed by atoms with E-state index in [2.05, 4.69) is 10.2 Å². The van der Waals surface area contributed by atoms with Crippen LogP contribution in [0, 0.1) is 5.92 Å². The molecule has 2 aliphatic carbocycles. The molecule has 202 valence electrons. The first-order valence-corrected chi connectivity index (χ1v) is 13.7. The number of nitrogens with zero attached hydrogens (tertiary/aromatic N) is 2. The van der Waals surface area contributed by atoms with Gasteiger partial charge in [0, 0.05) is 50.3 Å². The quantitative estimate of drug-likeness (QED) is 0.453. The van der Waals surface area contributed by atoms with Gasteiger partial charge in [0.15, 0.2) is 0 Å². The lowest BCUT2D eigenvalue weighted by Crippen LogP contribution is -2.57. The summed E-state index contributed by atoms with van der Waals surface area (Å²) in [5.41, 5.74) is 1.33. The molecule has 4 atom stereocenters. The summed E-state index contributed by atoms with van der Waals surface area (Å²) < 4.78 is 11.7. The van der Waals surface area contributed by atoms with Gasteiger partial charge in [-0.1, -0.05) is 31.0 Å². The van der Waals surface area contributed by atoms with E-state index in [4.69, 9.17) is 9.47 Å². The number of benzene rings is 1. The van der Waals surface area contributed by atoms with Gasteiger partial charge in [-0.15, -0.1) is 0 Å². The van der Waals surface area contributed by atoms with Gasteiger partial charge in [-0.05, 0) is 30.9 Å². The van der Waals surface area contributed by atoms with E-state index in [-0.39, 0.29) is 25.0 Å². The van der Waals surface area contributed by atoms with Gasteiger partial charge in [0.1, 0.15) is 18.0 Å². The third kappa shape index (κ3) is 5.70. The maximum absolute atomic E-state index is 13.7. The summed E-state index contributed by atoms with van der Waals surface area (Å²) in [5.74, 6) is 0.291. The highest BCUT2D eigenvalue weighted by atomic mass is 16.5. The summed E-state index contributed by atoms with van der Waals surface area (Å²) >= 11 is 0. The molecule has 1 saturated carbocycles. The fourth-order valence-electron chi connectivity index (χ4n) is 6.28. The Kier molecular flexibility index (Phi) is 8.44. The van der Waals surface area contributed by atoms with E-state index in [1.54, 1.807) is 11.0 Å². The molecule has 0 aromatic heterocycles. The zero-order valence-electron chi connectivity index (χ0n) is 21.4. The van der Waals surface area contributed by atoms with Gasteiger partial charge in [-0.3, -0.25) is 14.5 Å². The van der Waals surface area contributed by atoms with Crippen molar-refractivity contribution in [2.24, 2.45) is 5.92 Å². The van der Waals surface area contributed by atoms with Crippen molar-refractivity contribution in [3.63, 3.8) is 0 Å². The zero-order chi connectivity index (χ0) is 25.8. The highest BCUT2D eigenvalue weighted by molar-refractivity contribution is 5.96. The Morgan fingerprint density at radius 3 is 2.65 bits per heavy atom. The van der Waals surface area contributed by atoms with Crippen molar-refractivity contribution in [3.8, 4) is 5.75 Å². The van der Waals surface area contributed by atoms with Gasteiger partial charge < -0.3 is 29.9 Å². The third-order valence-electron chi connectivity index (χ3n) is 8.26. The van der Waals surface area contributed by atoms with Crippen LogP contribution in [0.5, 0.6) is 5.75 Å². The number of carbonyl (C=O) groups is 2. The number of aliphatic hydroxyl groups excluding tert-OH is 2. The first-order valence-electron chi connectivity index (χ1n) is 13.7. The number of nitrogens with one attached hydrogen (secondary N) is 1. The average molecular weight is 514 g/mol. The van der Waals surface area contributed by atoms with Crippen molar-refractivity contribution < 1.29 is 29.3 Å². The molecule has 9 nitrogen and oxygen atoms in total. The Balaban J connectivity index is 1.45. The molecular weight excluding hydrogens is 474 g/mol. The molecule has 9 heteroatoms. The smallest absolute Gasteiger partial charge is 0.247 e. The maximum Gasteiger partial charge on any atom is 0.247 e. The fourth-order valence-corrected chi connectivity index (χ4v) is 6.28. The van der Waals surface area contributed by atoms with Crippen LogP contribution in [0.4, 0.5) is 0 Å². The molecule has 1 aromatic rings. The minimum Gasteiger partial charge on any atom is -0.486 e. The number of amides is 2. The van der Waals surface area contributed by atoms with Crippen molar-refractivity contribution in [1.29, 1.82) is 0 Å². The number of rotatable bonds is 9. The van der Waals surface area contributed by atoms with Crippen molar-refractivity contribution in [2.45, 2.75) is 56.3 Å². The summed E-state index contributed by atoms with van der Waals surface area (Å²) in [6.07, 6.45) is 5.01. The van der Waals surface area contributed by atoms with E-state index in [0.29, 0.717) is 50.0 Å². The van der Waals surface area contributed by atoms with Gasteiger partial charge >= 0.3 is 0 Å². The normalized spacial score (nSPS) is 27.7. The second-order valence-corrected chi connectivity index (χ2v) is 10.6. The van der Waals surface area contributed by atoms with E-state index in [9.17, 15) is 19.8 Å². The van der Waals surface area contributed by atoms with Crippen LogP contribution in [0.3, 0.4) is 0 Å². The van der Waals surface area contributed by atoms with Crippen LogP contribution in [0.2, 0.25) is 0 Å². The minimum absolute atomic E-state index is 0.0181. The summed E-state index contributed by atoms with van der Waals surface area (Å²) in [6.45, 7) is 4.07. The van der Waals surface area contributed by atoms with Crippen molar-refractivity contribution in [2.75, 3.05) is 52.5 Å². The van der Waals surface area contributed by atoms with Crippen LogP contribution in [0.1, 0.15) is 43.6 Å². The molecule has 2 heterocycles. The fraction of sp³-hybridized carbons (Fsp3) is 0.643. The van der Waals surface area contributed by atoms with E-state index in [1.807, 2.05) is 24.3 Å². The monoisotopic (exact) mass is 513 g/mol. The topological polar surface area (TPSA) is 112 Å². The van der Waals surface area contributed by atoms with E-state index < -0.39 is 24.2 Å². The van der Waals surface area contributed by atoms with Gasteiger partial charge in [0.05, 0.1) is 31.8 Å². The predicted molar refractivity (Wildman–Crippen MR) is 137 cm³/mol. The number of hydrogen-bond donors (Lipinski definition) is 3. The van der Waals surface area contributed by atoms with Crippen LogP contribution in [0.25, 0.3) is 0 Å². The standard InChI is InChI=1S/C28H39N3O6/c32-14-9-29-28(35)21-18-22(26(34)27-25(21)20-7-3-4-8-23(20)37-27)31(11-10-30-12-15-36-16-13-30)24(33)17-19-5-1-2-6-19/h3-4,7-8,18-19,22,25-27,32,34H,1-2,5-6,9-17H2,(H,29,35)/t22-,25+,26+,27+/m1/s1. The van der Waals surface area contributed by atoms with Crippen LogP contribution in [-0.4, -0.2) is 103 Å². The molecule has 2 amide bonds. The van der Waals surface area contributed by atoms with Gasteiger partial charge in [0.25, 0.3) is 0 Å². The molecule has 0 unspecified atom stereocenters. The maximum atomic E-state index is 13.7. The summed E-state index contributed by atoms with van der Waals surface area (Å²) in [4.78, 5) is 31.1. The van der Waals surface area contributed by atoms with E-state index in [1.165, 1.54) is 0 Å². The zero-order valence-corrected chi connectivity index (χ0v) is 21.4. The number of carbonyl (C=O) groups excluding carboxylic acids is 2. The van der Waals surface area contributed by atoms with Crippen LogP contribution in [-0.2, 0) is 14.3 Å². The highest BCUT2D eigenvalue weighted by Crippen LogP contribution is 2.47. The number of aliphatic hydroxyl groups is 2. The molecule has 1 aromatic carbocycles. The largest absolute Gasteiger partial charge is 0.486 e. The number of hydrogen-bond acceptors (Lipinski definition) is 7. The summed E-state index contributed by atoms with van der Waals surface area (Å²) in [5, 5.41) is 23.7. The van der Waals surface area contributed by atoms with Gasteiger partial charge in [0.2, 0.25) is 11.8 Å². The number of para-hydroxylation sites is 1. The molecular formula is C28H39N3O6.